The van der Waals surface area contributed by atoms with E-state index in [-0.39, 0.29) is 0 Å². The number of aliphatic carboxylic acids is 1. The first kappa shape index (κ1) is 9.21. The highest BCUT2D eigenvalue weighted by atomic mass is 32.1. The van der Waals surface area contributed by atoms with Crippen LogP contribution in [0.1, 0.15) is 6.92 Å². The molecule has 0 spiro atoms. The zero-order chi connectivity index (χ0) is 9.14. The number of rotatable bonds is 2. The largest absolute Gasteiger partial charge is 0.480 e. The number of hydrogen-bond acceptors (Lipinski definition) is 3. The molecule has 1 aliphatic heterocycles. The van der Waals surface area contributed by atoms with E-state index < -0.39 is 12.0 Å². The van der Waals surface area contributed by atoms with E-state index >= 15 is 0 Å². The van der Waals surface area contributed by atoms with Gasteiger partial charge >= 0.3 is 5.97 Å². The zero-order valence-electron chi connectivity index (χ0n) is 6.70. The van der Waals surface area contributed by atoms with Gasteiger partial charge in [0.05, 0.1) is 13.3 Å². The Labute approximate surface area is 75.7 Å². The lowest BCUT2D eigenvalue weighted by molar-refractivity contribution is -0.142. The first-order valence-electron chi connectivity index (χ1n) is 3.60. The molecule has 1 aliphatic rings. The Morgan fingerprint density at radius 1 is 1.67 bits per heavy atom. The van der Waals surface area contributed by atoms with Gasteiger partial charge in [0, 0.05) is 0 Å². The fraction of sp³-hybridized carbons (Fsp3) is 0.667. The van der Waals surface area contributed by atoms with E-state index in [0.29, 0.717) is 18.4 Å². The second kappa shape index (κ2) is 3.68. The van der Waals surface area contributed by atoms with Gasteiger partial charge in [0.25, 0.3) is 0 Å². The predicted molar refractivity (Wildman–Crippen MR) is 47.5 cm³/mol. The second-order valence-electron chi connectivity index (χ2n) is 2.60. The lowest BCUT2D eigenvalue weighted by Crippen LogP contribution is -2.57. The summed E-state index contributed by atoms with van der Waals surface area (Å²) in [5, 5.41) is 14.9. The van der Waals surface area contributed by atoms with E-state index in [2.05, 4.69) is 10.6 Å². The molecule has 0 bridgehead atoms. The molecule has 0 saturated carbocycles. The van der Waals surface area contributed by atoms with Crippen LogP contribution in [0.3, 0.4) is 0 Å². The standard InChI is InChI=1S/C6H11N3O2S/c1-4(5(10)11)9-2-7-6(12)8-3-9/h4H,2-3H2,1H3,(H,10,11)(H2,7,8,12). The minimum atomic E-state index is -0.827. The fourth-order valence-electron chi connectivity index (χ4n) is 0.895. The van der Waals surface area contributed by atoms with Crippen LogP contribution in [0.2, 0.25) is 0 Å². The Balaban J connectivity index is 2.44. The van der Waals surface area contributed by atoms with Crippen molar-refractivity contribution in [3.05, 3.63) is 0 Å². The van der Waals surface area contributed by atoms with E-state index in [0.717, 1.165) is 0 Å². The van der Waals surface area contributed by atoms with Crippen molar-refractivity contribution in [2.45, 2.75) is 13.0 Å². The maximum Gasteiger partial charge on any atom is 0.320 e. The topological polar surface area (TPSA) is 64.6 Å². The summed E-state index contributed by atoms with van der Waals surface area (Å²) in [5.74, 6) is -0.827. The molecule has 0 radical (unpaired) electrons. The number of carboxylic acids is 1. The van der Waals surface area contributed by atoms with Crippen LogP contribution in [0.25, 0.3) is 0 Å². The molecule has 1 atom stereocenters. The molecule has 0 aromatic heterocycles. The summed E-state index contributed by atoms with van der Waals surface area (Å²) in [5.41, 5.74) is 0. The van der Waals surface area contributed by atoms with Gasteiger partial charge in [-0.2, -0.15) is 0 Å². The molecule has 1 unspecified atom stereocenters. The summed E-state index contributed by atoms with van der Waals surface area (Å²) >= 11 is 4.81. The van der Waals surface area contributed by atoms with E-state index in [4.69, 9.17) is 17.3 Å². The van der Waals surface area contributed by atoms with Crippen molar-refractivity contribution < 1.29 is 9.90 Å². The fourth-order valence-corrected chi connectivity index (χ4v) is 1.02. The van der Waals surface area contributed by atoms with Gasteiger partial charge in [0.1, 0.15) is 6.04 Å². The number of carbonyl (C=O) groups is 1. The maximum atomic E-state index is 10.6. The van der Waals surface area contributed by atoms with E-state index in [9.17, 15) is 4.79 Å². The third kappa shape index (κ3) is 2.05. The smallest absolute Gasteiger partial charge is 0.320 e. The highest BCUT2D eigenvalue weighted by molar-refractivity contribution is 7.80. The van der Waals surface area contributed by atoms with Crippen molar-refractivity contribution in [3.63, 3.8) is 0 Å². The lowest BCUT2D eigenvalue weighted by Gasteiger charge is -2.31. The first-order valence-corrected chi connectivity index (χ1v) is 4.00. The van der Waals surface area contributed by atoms with Gasteiger partial charge in [-0.1, -0.05) is 0 Å². The van der Waals surface area contributed by atoms with Crippen molar-refractivity contribution in [3.8, 4) is 0 Å². The quantitative estimate of drug-likeness (QED) is 0.492. The molecule has 0 amide bonds. The number of carboxylic acid groups (broad SMARTS) is 1. The lowest BCUT2D eigenvalue weighted by atomic mass is 10.3. The van der Waals surface area contributed by atoms with Crippen LogP contribution in [0, 0.1) is 0 Å². The Hall–Kier alpha value is -0.880. The molecular formula is C6H11N3O2S. The van der Waals surface area contributed by atoms with Crippen LogP contribution in [0.5, 0.6) is 0 Å². The van der Waals surface area contributed by atoms with E-state index in [1.807, 2.05) is 0 Å². The molecule has 0 aliphatic carbocycles. The molecule has 1 fully saturated rings. The Morgan fingerprint density at radius 2 is 2.17 bits per heavy atom. The molecule has 1 rings (SSSR count). The SMILES string of the molecule is CC(C(=O)O)N1CNC(=S)NC1. The van der Waals surface area contributed by atoms with Gasteiger partial charge in [-0.3, -0.25) is 9.69 Å². The average Bonchev–Trinajstić information content (AvgIpc) is 2.04. The summed E-state index contributed by atoms with van der Waals surface area (Å²) in [4.78, 5) is 12.3. The summed E-state index contributed by atoms with van der Waals surface area (Å²) < 4.78 is 0. The van der Waals surface area contributed by atoms with Gasteiger partial charge in [-0.15, -0.1) is 0 Å². The van der Waals surface area contributed by atoms with E-state index in [1.165, 1.54) is 0 Å². The highest BCUT2D eigenvalue weighted by Gasteiger charge is 2.22. The summed E-state index contributed by atoms with van der Waals surface area (Å²) in [7, 11) is 0. The van der Waals surface area contributed by atoms with Gasteiger partial charge in [-0.25, -0.2) is 0 Å². The van der Waals surface area contributed by atoms with Gasteiger partial charge < -0.3 is 15.7 Å². The molecule has 3 N–H and O–H groups in total. The number of nitrogens with zero attached hydrogens (tertiary/aromatic N) is 1. The number of thiocarbonyl (C=S) groups is 1. The van der Waals surface area contributed by atoms with Crippen molar-refractivity contribution in [1.82, 2.24) is 15.5 Å². The Morgan fingerprint density at radius 3 is 2.58 bits per heavy atom. The number of hydrogen-bond donors (Lipinski definition) is 3. The van der Waals surface area contributed by atoms with Gasteiger partial charge in [-0.05, 0) is 19.1 Å². The average molecular weight is 189 g/mol. The molecule has 0 aromatic rings. The van der Waals surface area contributed by atoms with Crippen LogP contribution < -0.4 is 10.6 Å². The normalized spacial score (nSPS) is 20.9. The Kier molecular flexibility index (Phi) is 2.83. The van der Waals surface area contributed by atoms with Crippen molar-refractivity contribution in [2.24, 2.45) is 0 Å². The van der Waals surface area contributed by atoms with E-state index in [1.54, 1.807) is 11.8 Å². The molecular weight excluding hydrogens is 178 g/mol. The zero-order valence-corrected chi connectivity index (χ0v) is 7.52. The van der Waals surface area contributed by atoms with Crippen LogP contribution >= 0.6 is 12.2 Å². The molecule has 1 heterocycles. The summed E-state index contributed by atoms with van der Waals surface area (Å²) in [6.07, 6.45) is 0. The van der Waals surface area contributed by atoms with Crippen LogP contribution in [0.15, 0.2) is 0 Å². The third-order valence-electron chi connectivity index (χ3n) is 1.79. The number of nitrogens with one attached hydrogen (secondary N) is 2. The highest BCUT2D eigenvalue weighted by Crippen LogP contribution is 1.98. The third-order valence-corrected chi connectivity index (χ3v) is 2.08. The molecule has 12 heavy (non-hydrogen) atoms. The van der Waals surface area contributed by atoms with Crippen LogP contribution in [0.4, 0.5) is 0 Å². The molecule has 5 nitrogen and oxygen atoms in total. The summed E-state index contributed by atoms with van der Waals surface area (Å²) in [6.45, 7) is 2.61. The van der Waals surface area contributed by atoms with Crippen LogP contribution in [-0.2, 0) is 4.79 Å². The minimum Gasteiger partial charge on any atom is -0.480 e. The van der Waals surface area contributed by atoms with Crippen molar-refractivity contribution >= 4 is 23.3 Å². The molecule has 0 aromatic carbocycles. The second-order valence-corrected chi connectivity index (χ2v) is 3.01. The minimum absolute atomic E-state index is 0.485. The predicted octanol–water partition coefficient (Wildman–Crippen LogP) is -0.846. The molecule has 68 valence electrons. The van der Waals surface area contributed by atoms with Crippen molar-refractivity contribution in [2.75, 3.05) is 13.3 Å². The monoisotopic (exact) mass is 189 g/mol. The maximum absolute atomic E-state index is 10.6. The van der Waals surface area contributed by atoms with Gasteiger partial charge in [0.15, 0.2) is 5.11 Å². The molecule has 6 heteroatoms. The van der Waals surface area contributed by atoms with Crippen molar-refractivity contribution in [1.29, 1.82) is 0 Å². The molecule has 1 saturated heterocycles. The van der Waals surface area contributed by atoms with Crippen LogP contribution in [-0.4, -0.2) is 40.5 Å². The Bertz CT molecular complexity index is 199. The van der Waals surface area contributed by atoms with Gasteiger partial charge in [0.2, 0.25) is 0 Å². The first-order chi connectivity index (χ1) is 5.61. The summed E-state index contributed by atoms with van der Waals surface area (Å²) in [6, 6.07) is -0.493.